The molecule has 228 valence electrons. The number of hydrogen-bond donors (Lipinski definition) is 1. The number of phenols is 1. The molecule has 0 radical (unpaired) electrons. The smallest absolute Gasteiger partial charge is 0.126 e. The van der Waals surface area contributed by atoms with Gasteiger partial charge >= 0.3 is 0 Å². The molecular weight excluding hydrogens is 746 g/mol. The fourth-order valence-electron chi connectivity index (χ4n) is 6.77. The Morgan fingerprint density at radius 2 is 1.52 bits per heavy atom. The van der Waals surface area contributed by atoms with Gasteiger partial charge in [0.15, 0.2) is 0 Å². The van der Waals surface area contributed by atoms with E-state index in [0.717, 1.165) is 50.4 Å². The Bertz CT molecular complexity index is 2270. The molecule has 1 unspecified atom stereocenters. The van der Waals surface area contributed by atoms with Gasteiger partial charge in [-0.05, 0) is 75.8 Å². The quantitative estimate of drug-likeness (QED) is 0.182. The van der Waals surface area contributed by atoms with Crippen LogP contribution in [0.3, 0.4) is 0 Å². The second-order valence-electron chi connectivity index (χ2n) is 12.7. The van der Waals surface area contributed by atoms with Gasteiger partial charge in [-0.15, -0.1) is 35.4 Å². The van der Waals surface area contributed by atoms with Crippen molar-refractivity contribution in [3.05, 3.63) is 168 Å². The van der Waals surface area contributed by atoms with Crippen molar-refractivity contribution >= 4 is 5.65 Å². The topological polar surface area (TPSA) is 50.4 Å². The molecule has 4 nitrogen and oxygen atoms in total. The zero-order chi connectivity index (χ0) is 31.6. The van der Waals surface area contributed by atoms with Crippen LogP contribution in [0.1, 0.15) is 50.1 Å². The van der Waals surface area contributed by atoms with Crippen molar-refractivity contribution in [3.8, 4) is 39.4 Å². The minimum atomic E-state index is -0.890. The third-order valence-electron chi connectivity index (χ3n) is 9.00. The average Bonchev–Trinajstić information content (AvgIpc) is 3.62. The van der Waals surface area contributed by atoms with Crippen molar-refractivity contribution in [2.24, 2.45) is 0 Å². The Kier molecular flexibility index (Phi) is 6.99. The van der Waals surface area contributed by atoms with Gasteiger partial charge in [-0.25, -0.2) is 0 Å². The number of fused-ring (bicyclic) bond motifs is 4. The number of nitrogens with zero attached hydrogens (tertiary/aromatic N) is 3. The summed E-state index contributed by atoms with van der Waals surface area (Å²) >= 11 is 0. The number of rotatable bonds is 4. The largest absolute Gasteiger partial charge is 0.507 e. The maximum atomic E-state index is 10.8. The van der Waals surface area contributed by atoms with E-state index in [1.165, 1.54) is 5.56 Å². The summed E-state index contributed by atoms with van der Waals surface area (Å²) in [5.41, 5.74) is 10.1. The molecule has 8 rings (SSSR count). The van der Waals surface area contributed by atoms with Crippen molar-refractivity contribution in [1.82, 2.24) is 14.4 Å². The third kappa shape index (κ3) is 4.63. The summed E-state index contributed by atoms with van der Waals surface area (Å²) in [7, 11) is 0. The summed E-state index contributed by atoms with van der Waals surface area (Å²) in [6.07, 6.45) is 4.03. The van der Waals surface area contributed by atoms with Crippen LogP contribution in [0.15, 0.2) is 134 Å². The van der Waals surface area contributed by atoms with Crippen molar-refractivity contribution in [3.63, 3.8) is 0 Å². The van der Waals surface area contributed by atoms with E-state index in [9.17, 15) is 5.11 Å². The number of para-hydroxylation sites is 1. The molecule has 0 amide bonds. The first kappa shape index (κ1) is 28.7. The van der Waals surface area contributed by atoms with Crippen LogP contribution >= 0.6 is 0 Å². The average molecular weight is 779 g/mol. The maximum absolute atomic E-state index is 10.8. The number of pyridine rings is 2. The number of benzene rings is 4. The predicted octanol–water partition coefficient (Wildman–Crippen LogP) is 9.23. The standard InChI is InChI=1S/C41H32N3O.Pt/c1-40(2,3)28-21-22-31-30-14-4-6-16-33(30)41(34(31)25-28,38-19-11-17-35(42-38)32-15-5-7-18-37(32)45)29-13-10-12-27(24-29)36-26-44-23-9-8-20-39(44)43-36;/h4-23,25-26,45H,1-3H3;/q-1;/i6D;. The first-order chi connectivity index (χ1) is 22.2. The molecule has 3 heterocycles. The fraction of sp³-hybridized carbons (Fsp3) is 0.122. The van der Waals surface area contributed by atoms with E-state index in [-0.39, 0.29) is 32.2 Å². The first-order valence-corrected chi connectivity index (χ1v) is 15.2. The van der Waals surface area contributed by atoms with Gasteiger partial charge in [-0.2, -0.15) is 0 Å². The van der Waals surface area contributed by atoms with Crippen molar-refractivity contribution in [2.45, 2.75) is 31.6 Å². The summed E-state index contributed by atoms with van der Waals surface area (Å²) in [5, 5.41) is 10.8. The molecule has 5 heteroatoms. The second-order valence-corrected chi connectivity index (χ2v) is 12.7. The van der Waals surface area contributed by atoms with Gasteiger partial charge in [0.05, 0.1) is 18.2 Å². The van der Waals surface area contributed by atoms with Crippen LogP contribution < -0.4 is 0 Å². The SMILES string of the molecule is [2H]c1ccc2c(c1)C(c1[c-]c(-c3cn4ccccc4n3)ccc1)(c1cccc(-c3ccccc3O)n1)c1cc(C(C)(C)C)ccc1-2.[Pt]. The van der Waals surface area contributed by atoms with Gasteiger partial charge in [0.2, 0.25) is 0 Å². The van der Waals surface area contributed by atoms with E-state index in [0.29, 0.717) is 17.3 Å². The molecule has 0 fully saturated rings. The normalized spacial score (nSPS) is 15.6. The molecule has 7 aromatic rings. The molecule has 1 N–H and O–H groups in total. The van der Waals surface area contributed by atoms with Crippen molar-refractivity contribution in [2.75, 3.05) is 0 Å². The zero-order valence-electron chi connectivity index (χ0n) is 26.7. The Hall–Kier alpha value is -4.79. The number of hydrogen-bond acceptors (Lipinski definition) is 3. The van der Waals surface area contributed by atoms with Crippen molar-refractivity contribution in [1.29, 1.82) is 0 Å². The van der Waals surface area contributed by atoms with Crippen LogP contribution in [-0.4, -0.2) is 19.5 Å². The Balaban J connectivity index is 0.00000351. The number of aromatic hydroxyl groups is 1. The third-order valence-corrected chi connectivity index (χ3v) is 9.00. The fourth-order valence-corrected chi connectivity index (χ4v) is 6.77. The van der Waals surface area contributed by atoms with Gasteiger partial charge < -0.3 is 9.51 Å². The van der Waals surface area contributed by atoms with Crippen LogP contribution in [0, 0.1) is 6.07 Å². The van der Waals surface area contributed by atoms with Gasteiger partial charge in [-0.1, -0.05) is 87.5 Å². The number of aromatic nitrogens is 3. The van der Waals surface area contributed by atoms with Crippen LogP contribution in [0.25, 0.3) is 39.3 Å². The molecule has 1 atom stereocenters. The zero-order valence-corrected chi connectivity index (χ0v) is 28.0. The molecule has 1 aliphatic carbocycles. The molecule has 0 bridgehead atoms. The van der Waals surface area contributed by atoms with Crippen LogP contribution in [0.5, 0.6) is 5.75 Å². The second kappa shape index (κ2) is 11.2. The van der Waals surface area contributed by atoms with E-state index in [4.69, 9.17) is 11.3 Å². The molecule has 1 aliphatic rings. The molecule has 0 saturated carbocycles. The summed E-state index contributed by atoms with van der Waals surface area (Å²) in [4.78, 5) is 10.2. The summed E-state index contributed by atoms with van der Waals surface area (Å²) < 4.78 is 10.8. The van der Waals surface area contributed by atoms with E-state index >= 15 is 0 Å². The van der Waals surface area contributed by atoms with Gasteiger partial charge in [0.1, 0.15) is 11.4 Å². The van der Waals surface area contributed by atoms with E-state index in [2.05, 4.69) is 69.3 Å². The van der Waals surface area contributed by atoms with Gasteiger partial charge in [-0.3, -0.25) is 9.97 Å². The van der Waals surface area contributed by atoms with Gasteiger partial charge in [0, 0.05) is 38.5 Å². The molecule has 4 aromatic carbocycles. The van der Waals surface area contributed by atoms with E-state index in [1.807, 2.05) is 83.5 Å². The van der Waals surface area contributed by atoms with E-state index in [1.54, 1.807) is 6.07 Å². The maximum Gasteiger partial charge on any atom is 0.126 e. The molecule has 46 heavy (non-hydrogen) atoms. The van der Waals surface area contributed by atoms with Crippen LogP contribution in [0.4, 0.5) is 0 Å². The van der Waals surface area contributed by atoms with Crippen molar-refractivity contribution < 1.29 is 27.5 Å². The van der Waals surface area contributed by atoms with E-state index < -0.39 is 5.41 Å². The Morgan fingerprint density at radius 1 is 0.739 bits per heavy atom. The minimum absolute atomic E-state index is 0. The minimum Gasteiger partial charge on any atom is -0.507 e. The molecule has 0 saturated heterocycles. The molecule has 0 spiro atoms. The van der Waals surface area contributed by atoms with Crippen LogP contribution in [0.2, 0.25) is 0 Å². The number of imidazole rings is 1. The first-order valence-electron chi connectivity index (χ1n) is 15.7. The van der Waals surface area contributed by atoms with Gasteiger partial charge in [0.25, 0.3) is 0 Å². The Morgan fingerprint density at radius 3 is 2.35 bits per heavy atom. The summed E-state index contributed by atoms with van der Waals surface area (Å²) in [6, 6.07) is 42.4. The molecular formula is C41H32N3OPt-. The monoisotopic (exact) mass is 778 g/mol. The predicted molar refractivity (Wildman–Crippen MR) is 180 cm³/mol. The Labute approximate surface area is 285 Å². The molecule has 3 aromatic heterocycles. The number of phenolic OH excluding ortho intramolecular Hbond substituents is 1. The summed E-state index contributed by atoms with van der Waals surface area (Å²) in [6.45, 7) is 6.69. The molecule has 0 aliphatic heterocycles. The van der Waals surface area contributed by atoms with Crippen LogP contribution in [-0.2, 0) is 31.9 Å². The summed E-state index contributed by atoms with van der Waals surface area (Å²) in [5.74, 6) is 0.178.